The van der Waals surface area contributed by atoms with Crippen molar-refractivity contribution in [3.63, 3.8) is 0 Å². The Morgan fingerprint density at radius 2 is 1.94 bits per heavy atom. The van der Waals surface area contributed by atoms with Crippen LogP contribution in [0.4, 0.5) is 23.1 Å². The monoisotopic (exact) mass is 457 g/mol. The number of rotatable bonds is 9. The molecule has 1 aromatic heterocycles. The lowest BCUT2D eigenvalue weighted by atomic mass is 10.1. The average molecular weight is 457 g/mol. The number of nitrogens with zero attached hydrogens (tertiary/aromatic N) is 1. The van der Waals surface area contributed by atoms with Crippen LogP contribution in [0.25, 0.3) is 0 Å². The number of hydrogen-bond donors (Lipinski definition) is 8. The molecule has 174 valence electrons. The summed E-state index contributed by atoms with van der Waals surface area (Å²) < 4.78 is 0. The van der Waals surface area contributed by atoms with Crippen LogP contribution in [0, 0.1) is 0 Å². The van der Waals surface area contributed by atoms with Gasteiger partial charge in [-0.2, -0.15) is 4.98 Å². The molecule has 1 amide bonds. The molecule has 1 aliphatic rings. The van der Waals surface area contributed by atoms with E-state index in [0.29, 0.717) is 30.3 Å². The number of benzene rings is 1. The number of hydrogen-bond acceptors (Lipinski definition) is 9. The number of carboxylic acid groups (broad SMARTS) is 2. The molecular formula is C20H23N7O6. The Balaban J connectivity index is 1.56. The van der Waals surface area contributed by atoms with Gasteiger partial charge >= 0.3 is 11.9 Å². The summed E-state index contributed by atoms with van der Waals surface area (Å²) in [6.45, 7) is 4.23. The summed E-state index contributed by atoms with van der Waals surface area (Å²) in [4.78, 5) is 53.0. The third-order valence-corrected chi connectivity index (χ3v) is 4.86. The highest BCUT2D eigenvalue weighted by atomic mass is 16.4. The summed E-state index contributed by atoms with van der Waals surface area (Å²) in [5.41, 5.74) is 6.02. The van der Waals surface area contributed by atoms with Crippen LogP contribution in [0.15, 0.2) is 41.2 Å². The minimum absolute atomic E-state index is 0.0234. The lowest BCUT2D eigenvalue weighted by Gasteiger charge is -2.27. The van der Waals surface area contributed by atoms with Crippen LogP contribution in [-0.2, 0) is 9.59 Å². The van der Waals surface area contributed by atoms with Gasteiger partial charge in [0.1, 0.15) is 11.7 Å². The smallest absolute Gasteiger partial charge is 0.331 e. The van der Waals surface area contributed by atoms with Crippen molar-refractivity contribution in [1.29, 1.82) is 0 Å². The predicted octanol–water partition coefficient (Wildman–Crippen LogP) is -0.116. The molecule has 9 N–H and O–H groups in total. The summed E-state index contributed by atoms with van der Waals surface area (Å²) in [6.07, 6.45) is -0.424. The molecule has 0 bridgehead atoms. The molecule has 0 spiro atoms. The molecular weight excluding hydrogens is 434 g/mol. The third-order valence-electron chi connectivity index (χ3n) is 4.86. The summed E-state index contributed by atoms with van der Waals surface area (Å²) in [5, 5.41) is 29.7. The molecule has 13 nitrogen and oxygen atoms in total. The number of carbonyl (C=O) groups is 3. The quantitative estimate of drug-likeness (QED) is 0.233. The number of carboxylic acids is 2. The number of nitrogens with two attached hydrogens (primary N) is 1. The zero-order chi connectivity index (χ0) is 24.1. The first-order chi connectivity index (χ1) is 15.6. The Kier molecular flexibility index (Phi) is 6.81. The number of carbonyl (C=O) groups excluding carboxylic acids is 1. The van der Waals surface area contributed by atoms with E-state index in [0.717, 1.165) is 0 Å². The van der Waals surface area contributed by atoms with E-state index >= 15 is 0 Å². The zero-order valence-corrected chi connectivity index (χ0v) is 17.3. The fourth-order valence-electron chi connectivity index (χ4n) is 3.11. The van der Waals surface area contributed by atoms with E-state index in [-0.39, 0.29) is 28.7 Å². The maximum atomic E-state index is 12.4. The number of nitrogens with one attached hydrogen (secondary N) is 5. The molecule has 2 aromatic rings. The van der Waals surface area contributed by atoms with Crippen LogP contribution in [0.3, 0.4) is 0 Å². The fourth-order valence-corrected chi connectivity index (χ4v) is 3.11. The highest BCUT2D eigenvalue weighted by molar-refractivity contribution is 5.97. The second-order valence-electron chi connectivity index (χ2n) is 7.33. The lowest BCUT2D eigenvalue weighted by Crippen LogP contribution is -2.41. The van der Waals surface area contributed by atoms with Gasteiger partial charge in [-0.3, -0.25) is 14.6 Å². The van der Waals surface area contributed by atoms with Crippen LogP contribution in [0.2, 0.25) is 0 Å². The van der Waals surface area contributed by atoms with Gasteiger partial charge < -0.3 is 37.2 Å². The summed E-state index contributed by atoms with van der Waals surface area (Å²) in [7, 11) is 0. The van der Waals surface area contributed by atoms with Gasteiger partial charge in [-0.25, -0.2) is 9.59 Å². The van der Waals surface area contributed by atoms with Crippen molar-refractivity contribution in [2.24, 2.45) is 0 Å². The second kappa shape index (κ2) is 9.72. The first kappa shape index (κ1) is 23.1. The fraction of sp³-hybridized carbons (Fsp3) is 0.250. The highest BCUT2D eigenvalue weighted by Gasteiger charge is 2.24. The molecule has 13 heteroatoms. The third kappa shape index (κ3) is 5.78. The molecule has 3 rings (SSSR count). The molecule has 2 atom stereocenters. The maximum Gasteiger partial charge on any atom is 0.331 e. The van der Waals surface area contributed by atoms with Crippen molar-refractivity contribution in [3.8, 4) is 0 Å². The van der Waals surface area contributed by atoms with Crippen LogP contribution >= 0.6 is 0 Å². The van der Waals surface area contributed by atoms with Gasteiger partial charge in [0, 0.05) is 36.3 Å². The Morgan fingerprint density at radius 3 is 2.58 bits per heavy atom. The normalized spacial score (nSPS) is 15.2. The first-order valence-corrected chi connectivity index (χ1v) is 9.83. The molecule has 0 radical (unpaired) electrons. The van der Waals surface area contributed by atoms with E-state index < -0.39 is 30.3 Å². The second-order valence-corrected chi connectivity index (χ2v) is 7.33. The summed E-state index contributed by atoms with van der Waals surface area (Å²) in [6, 6.07) is 4.73. The van der Waals surface area contributed by atoms with Crippen LogP contribution in [0.5, 0.6) is 0 Å². The number of amides is 1. The van der Waals surface area contributed by atoms with Gasteiger partial charge in [-0.05, 0) is 24.3 Å². The number of anilines is 4. The maximum absolute atomic E-state index is 12.4. The highest BCUT2D eigenvalue weighted by Crippen LogP contribution is 2.20. The molecule has 0 aliphatic carbocycles. The van der Waals surface area contributed by atoms with Gasteiger partial charge in [0.15, 0.2) is 5.82 Å². The van der Waals surface area contributed by atoms with Gasteiger partial charge in [0.2, 0.25) is 5.95 Å². The minimum Gasteiger partial charge on any atom is -0.480 e. The standard InChI is InChI=1S/C20H23N7O6/c1-9(18(30)31)6-13(19(32)33)25-16(28)10-2-4-11(5-3-10)22-7-12-8-23-15-14(24-12)17(29)27-20(21)26-15/h2-5,12-13,22,24H,1,6-8H2,(H,25,28)(H,30,31)(H,32,33)(H4,21,23,26,27,29)/t12-,13+/m1/s1. The average Bonchev–Trinajstić information content (AvgIpc) is 2.77. The molecule has 2 heterocycles. The number of nitrogen functional groups attached to an aromatic ring is 1. The van der Waals surface area contributed by atoms with Gasteiger partial charge in [0.25, 0.3) is 11.5 Å². The van der Waals surface area contributed by atoms with Gasteiger partial charge in [-0.15, -0.1) is 0 Å². The Bertz CT molecular complexity index is 1140. The number of aromatic amines is 1. The van der Waals surface area contributed by atoms with Crippen LogP contribution in [0.1, 0.15) is 16.8 Å². The van der Waals surface area contributed by atoms with Crippen molar-refractivity contribution < 1.29 is 24.6 Å². The van der Waals surface area contributed by atoms with E-state index in [9.17, 15) is 24.3 Å². The van der Waals surface area contributed by atoms with Crippen molar-refractivity contribution in [3.05, 3.63) is 52.3 Å². The first-order valence-electron chi connectivity index (χ1n) is 9.83. The number of aromatic nitrogens is 2. The molecule has 0 saturated heterocycles. The zero-order valence-electron chi connectivity index (χ0n) is 17.3. The summed E-state index contributed by atoms with van der Waals surface area (Å²) in [5.74, 6) is -2.95. The topological polar surface area (TPSA) is 212 Å². The van der Waals surface area contributed by atoms with Gasteiger partial charge in [0.05, 0.1) is 6.04 Å². The molecule has 0 saturated carbocycles. The number of H-pyrrole nitrogens is 1. The van der Waals surface area contributed by atoms with E-state index in [1.807, 2.05) is 0 Å². The van der Waals surface area contributed by atoms with Gasteiger partial charge in [-0.1, -0.05) is 6.58 Å². The molecule has 0 fully saturated rings. The summed E-state index contributed by atoms with van der Waals surface area (Å²) >= 11 is 0. The van der Waals surface area contributed by atoms with E-state index in [1.165, 1.54) is 12.1 Å². The van der Waals surface area contributed by atoms with E-state index in [4.69, 9.17) is 10.8 Å². The molecule has 1 aliphatic heterocycles. The largest absolute Gasteiger partial charge is 0.480 e. The SMILES string of the molecule is C=C(C[C@H](NC(=O)c1ccc(NC[C@@H]2CNc3nc(N)[nH]c(=O)c3N2)cc1)C(=O)O)C(=O)O. The lowest BCUT2D eigenvalue weighted by molar-refractivity contribution is -0.139. The van der Waals surface area contributed by atoms with E-state index in [1.54, 1.807) is 12.1 Å². The van der Waals surface area contributed by atoms with Crippen LogP contribution < -0.4 is 32.6 Å². The van der Waals surface area contributed by atoms with Crippen molar-refractivity contribution in [2.75, 3.05) is 34.8 Å². The van der Waals surface area contributed by atoms with Crippen LogP contribution in [-0.4, -0.2) is 63.2 Å². The Hall–Kier alpha value is -4.55. The van der Waals surface area contributed by atoms with E-state index in [2.05, 4.69) is 37.8 Å². The number of aliphatic carboxylic acids is 2. The van der Waals surface area contributed by atoms with Crippen molar-refractivity contribution >= 4 is 41.0 Å². The molecule has 0 unspecified atom stereocenters. The Labute approximate surface area is 187 Å². The van der Waals surface area contributed by atoms with Crippen molar-refractivity contribution in [2.45, 2.75) is 18.5 Å². The molecule has 33 heavy (non-hydrogen) atoms. The number of fused-ring (bicyclic) bond motifs is 1. The Morgan fingerprint density at radius 1 is 1.24 bits per heavy atom. The van der Waals surface area contributed by atoms with Crippen molar-refractivity contribution in [1.82, 2.24) is 15.3 Å². The minimum atomic E-state index is -1.42. The molecule has 1 aromatic carbocycles. The predicted molar refractivity (Wildman–Crippen MR) is 120 cm³/mol.